The zero-order valence-electron chi connectivity index (χ0n) is 16.0. The van der Waals surface area contributed by atoms with Gasteiger partial charge in [-0.1, -0.05) is 35.5 Å². The van der Waals surface area contributed by atoms with Crippen LogP contribution < -0.4 is 0 Å². The molecule has 1 N–H and O–H groups in total. The number of likely N-dealkylation sites (N-methyl/N-ethyl adjacent to an activating group) is 1. The lowest BCUT2D eigenvalue weighted by Gasteiger charge is -2.37. The predicted molar refractivity (Wildman–Crippen MR) is 112 cm³/mol. The van der Waals surface area contributed by atoms with Crippen LogP contribution in [-0.4, -0.2) is 45.0 Å². The van der Waals surface area contributed by atoms with Gasteiger partial charge in [0.1, 0.15) is 0 Å². The molecule has 0 spiro atoms. The number of aliphatic imine (C=N–C) groups is 1. The number of rotatable bonds is 6. The van der Waals surface area contributed by atoms with E-state index < -0.39 is 12.0 Å². The van der Waals surface area contributed by atoms with Crippen molar-refractivity contribution < 1.29 is 14.7 Å². The lowest BCUT2D eigenvalue weighted by Crippen LogP contribution is -2.41. The first-order chi connectivity index (χ1) is 13.4. The van der Waals surface area contributed by atoms with E-state index in [-0.39, 0.29) is 12.3 Å². The van der Waals surface area contributed by atoms with Crippen molar-refractivity contribution in [2.24, 2.45) is 4.99 Å². The second-order valence-electron chi connectivity index (χ2n) is 6.49. The molecule has 0 aliphatic carbocycles. The first kappa shape index (κ1) is 20.5. The van der Waals surface area contributed by atoms with E-state index in [9.17, 15) is 14.7 Å². The van der Waals surface area contributed by atoms with Gasteiger partial charge in [-0.2, -0.15) is 0 Å². The minimum absolute atomic E-state index is 0.0863. The molecule has 28 heavy (non-hydrogen) atoms. The lowest BCUT2D eigenvalue weighted by atomic mass is 9.93. The van der Waals surface area contributed by atoms with Gasteiger partial charge in [0.2, 0.25) is 0 Å². The van der Waals surface area contributed by atoms with Crippen LogP contribution in [0.2, 0.25) is 5.02 Å². The normalized spacial score (nSPS) is 18.6. The van der Waals surface area contributed by atoms with Crippen LogP contribution in [0.1, 0.15) is 38.8 Å². The fourth-order valence-corrected chi connectivity index (χ4v) is 4.53. The summed E-state index contributed by atoms with van der Waals surface area (Å²) in [5.74, 6) is -1.01. The minimum atomic E-state index is -0.925. The highest BCUT2D eigenvalue weighted by Gasteiger charge is 2.41. The Kier molecular flexibility index (Phi) is 6.15. The van der Waals surface area contributed by atoms with Crippen molar-refractivity contribution in [2.75, 3.05) is 13.1 Å². The van der Waals surface area contributed by atoms with Crippen LogP contribution in [-0.2, 0) is 9.59 Å². The maximum absolute atomic E-state index is 13.3. The number of fused-ring (bicyclic) bond motifs is 1. The summed E-state index contributed by atoms with van der Waals surface area (Å²) in [6.45, 7) is 6.88. The van der Waals surface area contributed by atoms with Crippen LogP contribution in [0.3, 0.4) is 0 Å². The summed E-state index contributed by atoms with van der Waals surface area (Å²) in [6.07, 6.45) is -0.137. The number of thioether (sulfide) groups is 1. The van der Waals surface area contributed by atoms with Crippen molar-refractivity contribution in [3.8, 4) is 0 Å². The number of allylic oxidation sites excluding steroid dienone is 1. The molecule has 1 amide bonds. The Hall–Kier alpha value is -2.25. The molecule has 1 aromatic carbocycles. The van der Waals surface area contributed by atoms with Crippen LogP contribution in [0.4, 0.5) is 0 Å². The number of amidine groups is 1. The number of halogens is 1. The molecule has 2 heterocycles. The molecular formula is C20H22ClN3O3S. The van der Waals surface area contributed by atoms with Gasteiger partial charge in [0.05, 0.1) is 23.7 Å². The van der Waals surface area contributed by atoms with Gasteiger partial charge < -0.3 is 14.9 Å². The van der Waals surface area contributed by atoms with Crippen LogP contribution in [0, 0.1) is 0 Å². The molecule has 0 bridgehead atoms. The van der Waals surface area contributed by atoms with E-state index in [0.717, 1.165) is 5.56 Å². The predicted octanol–water partition coefficient (Wildman–Crippen LogP) is 4.26. The molecular weight excluding hydrogens is 398 g/mol. The molecule has 6 nitrogen and oxygen atoms in total. The number of carboxylic acid groups (broad SMARTS) is 1. The number of carbonyl (C=O) groups is 2. The number of hydrogen-bond donors (Lipinski definition) is 1. The van der Waals surface area contributed by atoms with Crippen molar-refractivity contribution in [1.82, 2.24) is 9.80 Å². The third-order valence-corrected chi connectivity index (χ3v) is 5.94. The first-order valence-electron chi connectivity index (χ1n) is 9.08. The summed E-state index contributed by atoms with van der Waals surface area (Å²) >= 11 is 7.45. The summed E-state index contributed by atoms with van der Waals surface area (Å²) in [4.78, 5) is 33.0. The van der Waals surface area contributed by atoms with E-state index in [2.05, 4.69) is 4.99 Å². The van der Waals surface area contributed by atoms with Gasteiger partial charge in [-0.05, 0) is 43.9 Å². The van der Waals surface area contributed by atoms with E-state index in [1.165, 1.54) is 11.8 Å². The quantitative estimate of drug-likeness (QED) is 0.745. The van der Waals surface area contributed by atoms with Crippen LogP contribution >= 0.6 is 23.4 Å². The maximum Gasteiger partial charge on any atom is 0.309 e. The van der Waals surface area contributed by atoms with Gasteiger partial charge in [-0.3, -0.25) is 9.59 Å². The van der Waals surface area contributed by atoms with E-state index >= 15 is 0 Å². The summed E-state index contributed by atoms with van der Waals surface area (Å²) in [7, 11) is 0. The molecule has 0 radical (unpaired) electrons. The molecule has 1 atom stereocenters. The standard InChI is InChI=1S/C20H22ClN3O3S/c1-4-23(5-2)19(27)17-12(3)22-20-24(15(11-28-20)10-16(25)26)18(17)13-6-8-14(21)9-7-13/h6-9,11,18H,4-5,10H2,1-3H3,(H,25,26). The van der Waals surface area contributed by atoms with E-state index in [1.807, 2.05) is 37.8 Å². The van der Waals surface area contributed by atoms with Crippen molar-refractivity contribution in [3.05, 3.63) is 57.2 Å². The number of amides is 1. The summed E-state index contributed by atoms with van der Waals surface area (Å²) < 4.78 is 0. The summed E-state index contributed by atoms with van der Waals surface area (Å²) in [6, 6.07) is 6.86. The number of nitrogens with zero attached hydrogens (tertiary/aromatic N) is 3. The van der Waals surface area contributed by atoms with Gasteiger partial charge in [-0.25, -0.2) is 4.99 Å². The summed E-state index contributed by atoms with van der Waals surface area (Å²) in [5.41, 5.74) is 2.70. The van der Waals surface area contributed by atoms with Crippen LogP contribution in [0.25, 0.3) is 0 Å². The Morgan fingerprint density at radius 1 is 1.25 bits per heavy atom. The van der Waals surface area contributed by atoms with Gasteiger partial charge in [0.15, 0.2) is 5.17 Å². The second kappa shape index (κ2) is 8.41. The molecule has 148 valence electrons. The monoisotopic (exact) mass is 419 g/mol. The maximum atomic E-state index is 13.3. The number of carbonyl (C=O) groups excluding carboxylic acids is 1. The molecule has 0 saturated heterocycles. The Balaban J connectivity index is 2.14. The average Bonchev–Trinajstić information content (AvgIpc) is 3.03. The Bertz CT molecular complexity index is 888. The van der Waals surface area contributed by atoms with E-state index in [4.69, 9.17) is 11.6 Å². The molecule has 3 rings (SSSR count). The lowest BCUT2D eigenvalue weighted by molar-refractivity contribution is -0.136. The first-order valence-corrected chi connectivity index (χ1v) is 10.3. The van der Waals surface area contributed by atoms with Crippen LogP contribution in [0.5, 0.6) is 0 Å². The fourth-order valence-electron chi connectivity index (χ4n) is 3.44. The molecule has 2 aliphatic rings. The van der Waals surface area contributed by atoms with Gasteiger partial charge in [0.25, 0.3) is 5.91 Å². The van der Waals surface area contributed by atoms with Crippen molar-refractivity contribution >= 4 is 40.4 Å². The highest BCUT2D eigenvalue weighted by molar-refractivity contribution is 8.16. The van der Waals surface area contributed by atoms with Crippen molar-refractivity contribution in [3.63, 3.8) is 0 Å². The van der Waals surface area contributed by atoms with Crippen molar-refractivity contribution in [2.45, 2.75) is 33.2 Å². The average molecular weight is 420 g/mol. The smallest absolute Gasteiger partial charge is 0.309 e. The topological polar surface area (TPSA) is 73.2 Å². The molecule has 8 heteroatoms. The van der Waals surface area contributed by atoms with Crippen molar-refractivity contribution in [1.29, 1.82) is 0 Å². The minimum Gasteiger partial charge on any atom is -0.481 e. The number of benzene rings is 1. The van der Waals surface area contributed by atoms with Gasteiger partial charge in [0, 0.05) is 23.8 Å². The van der Waals surface area contributed by atoms with Gasteiger partial charge in [-0.15, -0.1) is 0 Å². The molecule has 0 saturated carbocycles. The third-order valence-electron chi connectivity index (χ3n) is 4.80. The summed E-state index contributed by atoms with van der Waals surface area (Å²) in [5, 5.41) is 12.4. The Labute approximate surface area is 173 Å². The molecule has 1 aromatic rings. The number of aliphatic carboxylic acids is 1. The zero-order valence-corrected chi connectivity index (χ0v) is 17.5. The fraction of sp³-hybridized carbons (Fsp3) is 0.350. The third kappa shape index (κ3) is 3.82. The largest absolute Gasteiger partial charge is 0.481 e. The van der Waals surface area contributed by atoms with Gasteiger partial charge >= 0.3 is 5.97 Å². The number of carboxylic acids is 1. The molecule has 0 aromatic heterocycles. The molecule has 1 unspecified atom stereocenters. The Morgan fingerprint density at radius 2 is 1.89 bits per heavy atom. The number of hydrogen-bond acceptors (Lipinski definition) is 5. The second-order valence-corrected chi connectivity index (χ2v) is 7.77. The SMILES string of the molecule is CCN(CC)C(=O)C1=C(C)N=C2SC=C(CC(=O)O)N2C1c1ccc(Cl)cc1. The highest BCUT2D eigenvalue weighted by Crippen LogP contribution is 2.45. The Morgan fingerprint density at radius 3 is 2.46 bits per heavy atom. The van der Waals surface area contributed by atoms with E-state index in [0.29, 0.717) is 40.2 Å². The highest BCUT2D eigenvalue weighted by atomic mass is 35.5. The molecule has 0 fully saturated rings. The zero-order chi connectivity index (χ0) is 20.4. The van der Waals surface area contributed by atoms with E-state index in [1.54, 1.807) is 22.4 Å². The molecule has 2 aliphatic heterocycles. The van der Waals surface area contributed by atoms with Crippen LogP contribution in [0.15, 0.2) is 51.6 Å².